The van der Waals surface area contributed by atoms with Gasteiger partial charge in [0, 0.05) is 13.6 Å². The summed E-state index contributed by atoms with van der Waals surface area (Å²) in [5.41, 5.74) is 0.913. The summed E-state index contributed by atoms with van der Waals surface area (Å²) in [6.45, 7) is 1.93. The Morgan fingerprint density at radius 2 is 2.26 bits per heavy atom. The quantitative estimate of drug-likeness (QED) is 0.869. The average Bonchev–Trinajstić information content (AvgIpc) is 2.79. The van der Waals surface area contributed by atoms with E-state index in [4.69, 9.17) is 16.0 Å². The fraction of sp³-hybridized carbons (Fsp3) is 0.231. The molecule has 0 N–H and O–H groups in total. The lowest BCUT2D eigenvalue weighted by Gasteiger charge is -2.16. The summed E-state index contributed by atoms with van der Waals surface area (Å²) in [5, 5.41) is 0.0603. The second-order valence-corrected chi connectivity index (χ2v) is 4.57. The van der Waals surface area contributed by atoms with Gasteiger partial charge in [-0.15, -0.1) is 0 Å². The molecule has 0 radical (unpaired) electrons. The van der Waals surface area contributed by atoms with Crippen LogP contribution in [0.5, 0.6) is 0 Å². The summed E-state index contributed by atoms with van der Waals surface area (Å²) in [5.74, 6) is -0.321. The fourth-order valence-electron chi connectivity index (χ4n) is 1.68. The Balaban J connectivity index is 2.13. The Morgan fingerprint density at radius 1 is 1.53 bits per heavy atom. The molecule has 0 aliphatic carbocycles. The molecule has 19 heavy (non-hydrogen) atoms. The molecule has 0 aliphatic heterocycles. The lowest BCUT2D eigenvalue weighted by molar-refractivity contribution is 0.0778. The lowest BCUT2D eigenvalue weighted by atomic mass is 10.2. The molecule has 1 aromatic carbocycles. The minimum Gasteiger partial charge on any atom is -0.448 e. The van der Waals surface area contributed by atoms with Crippen molar-refractivity contribution in [3.05, 3.63) is 52.5 Å². The molecule has 1 amide bonds. The Morgan fingerprint density at radius 3 is 2.84 bits per heavy atom. The van der Waals surface area contributed by atoms with Gasteiger partial charge in [-0.25, -0.2) is 9.37 Å². The predicted molar refractivity (Wildman–Crippen MR) is 68.4 cm³/mol. The van der Waals surface area contributed by atoms with Crippen LogP contribution in [0.25, 0.3) is 0 Å². The number of aromatic nitrogens is 1. The highest BCUT2D eigenvalue weighted by Gasteiger charge is 2.18. The molecule has 0 aliphatic rings. The van der Waals surface area contributed by atoms with Crippen molar-refractivity contribution in [1.29, 1.82) is 0 Å². The van der Waals surface area contributed by atoms with Crippen molar-refractivity contribution in [2.45, 2.75) is 13.5 Å². The highest BCUT2D eigenvalue weighted by Crippen LogP contribution is 2.17. The average molecular weight is 283 g/mol. The summed E-state index contributed by atoms with van der Waals surface area (Å²) >= 11 is 5.60. The van der Waals surface area contributed by atoms with E-state index < -0.39 is 5.82 Å². The third-order valence-electron chi connectivity index (χ3n) is 2.70. The van der Waals surface area contributed by atoms with Gasteiger partial charge in [0.1, 0.15) is 11.6 Å². The van der Waals surface area contributed by atoms with E-state index in [1.807, 2.05) is 0 Å². The van der Waals surface area contributed by atoms with Gasteiger partial charge in [0.2, 0.25) is 0 Å². The molecule has 0 atom stereocenters. The largest absolute Gasteiger partial charge is 0.448 e. The number of oxazole rings is 1. The third kappa shape index (κ3) is 2.93. The van der Waals surface area contributed by atoms with Gasteiger partial charge in [0.05, 0.1) is 5.02 Å². The maximum Gasteiger partial charge on any atom is 0.276 e. The Hall–Kier alpha value is -1.88. The zero-order chi connectivity index (χ0) is 14.0. The van der Waals surface area contributed by atoms with Crippen molar-refractivity contribution in [2.24, 2.45) is 0 Å². The van der Waals surface area contributed by atoms with Gasteiger partial charge in [-0.1, -0.05) is 17.7 Å². The summed E-state index contributed by atoms with van der Waals surface area (Å²) in [6, 6.07) is 4.44. The van der Waals surface area contributed by atoms with Crippen LogP contribution in [0, 0.1) is 12.7 Å². The zero-order valence-corrected chi connectivity index (χ0v) is 11.2. The van der Waals surface area contributed by atoms with Crippen LogP contribution in [0.3, 0.4) is 0 Å². The van der Waals surface area contributed by atoms with E-state index in [1.165, 1.54) is 23.4 Å². The molecule has 0 fully saturated rings. The van der Waals surface area contributed by atoms with Crippen LogP contribution in [0.4, 0.5) is 4.39 Å². The predicted octanol–water partition coefficient (Wildman–Crippen LogP) is 3.05. The topological polar surface area (TPSA) is 46.3 Å². The molecule has 2 rings (SSSR count). The molecular weight excluding hydrogens is 271 g/mol. The first-order valence-corrected chi connectivity index (χ1v) is 5.96. The van der Waals surface area contributed by atoms with Gasteiger partial charge in [-0.05, 0) is 24.6 Å². The van der Waals surface area contributed by atoms with E-state index in [0.717, 1.165) is 0 Å². The van der Waals surface area contributed by atoms with E-state index in [1.54, 1.807) is 20.0 Å². The fourth-order valence-corrected chi connectivity index (χ4v) is 1.79. The van der Waals surface area contributed by atoms with Crippen molar-refractivity contribution >= 4 is 17.5 Å². The monoisotopic (exact) mass is 282 g/mol. The third-order valence-corrected chi connectivity index (χ3v) is 3.00. The smallest absolute Gasteiger partial charge is 0.276 e. The van der Waals surface area contributed by atoms with E-state index in [9.17, 15) is 9.18 Å². The van der Waals surface area contributed by atoms with E-state index in [0.29, 0.717) is 11.3 Å². The molecule has 0 unspecified atom stereocenters. The second kappa shape index (κ2) is 5.40. The summed E-state index contributed by atoms with van der Waals surface area (Å²) in [4.78, 5) is 17.4. The van der Waals surface area contributed by atoms with Crippen LogP contribution in [0.1, 0.15) is 21.8 Å². The van der Waals surface area contributed by atoms with E-state index in [2.05, 4.69) is 4.98 Å². The maximum absolute atomic E-state index is 13.3. The molecule has 0 saturated heterocycles. The minimum absolute atomic E-state index is 0.0603. The van der Waals surface area contributed by atoms with Crippen LogP contribution < -0.4 is 0 Å². The first-order chi connectivity index (χ1) is 8.99. The molecule has 100 valence electrons. The number of amides is 1. The van der Waals surface area contributed by atoms with Gasteiger partial charge in [-0.3, -0.25) is 4.79 Å². The molecular formula is C13H12ClFN2O2. The molecule has 0 saturated carbocycles. The van der Waals surface area contributed by atoms with E-state index >= 15 is 0 Å². The lowest BCUT2D eigenvalue weighted by Crippen LogP contribution is -2.27. The number of nitrogens with zero attached hydrogens (tertiary/aromatic N) is 2. The van der Waals surface area contributed by atoms with Crippen molar-refractivity contribution in [3.63, 3.8) is 0 Å². The standard InChI is InChI=1S/C13H12ClFN2O2/c1-8-12(16-7-19-8)13(18)17(2)6-9-3-4-10(14)11(15)5-9/h3-5,7H,6H2,1-2H3. The number of halogens is 2. The minimum atomic E-state index is -0.502. The number of benzene rings is 1. The van der Waals surface area contributed by atoms with Gasteiger partial charge >= 0.3 is 0 Å². The molecule has 1 aromatic heterocycles. The Labute approximate surface area is 114 Å². The highest BCUT2D eigenvalue weighted by molar-refractivity contribution is 6.30. The first-order valence-electron chi connectivity index (χ1n) is 5.58. The van der Waals surface area contributed by atoms with Crippen LogP contribution in [-0.4, -0.2) is 22.8 Å². The van der Waals surface area contributed by atoms with Crippen molar-refractivity contribution in [3.8, 4) is 0 Å². The Kier molecular flexibility index (Phi) is 3.85. The van der Waals surface area contributed by atoms with Gasteiger partial charge in [0.25, 0.3) is 5.91 Å². The Bertz CT molecular complexity index is 612. The van der Waals surface area contributed by atoms with Crippen LogP contribution in [0.15, 0.2) is 29.0 Å². The maximum atomic E-state index is 13.3. The zero-order valence-electron chi connectivity index (χ0n) is 10.5. The molecule has 6 heteroatoms. The first kappa shape index (κ1) is 13.5. The van der Waals surface area contributed by atoms with Gasteiger partial charge < -0.3 is 9.32 Å². The van der Waals surface area contributed by atoms with E-state index in [-0.39, 0.29) is 23.2 Å². The van der Waals surface area contributed by atoms with Crippen LogP contribution in [-0.2, 0) is 6.54 Å². The van der Waals surface area contributed by atoms with Gasteiger partial charge in [-0.2, -0.15) is 0 Å². The molecule has 4 nitrogen and oxygen atoms in total. The number of carbonyl (C=O) groups excluding carboxylic acids is 1. The van der Waals surface area contributed by atoms with Crippen LogP contribution >= 0.6 is 11.6 Å². The van der Waals surface area contributed by atoms with Gasteiger partial charge in [0.15, 0.2) is 12.1 Å². The SMILES string of the molecule is Cc1ocnc1C(=O)N(C)Cc1ccc(Cl)c(F)c1. The molecule has 0 bridgehead atoms. The summed E-state index contributed by atoms with van der Waals surface area (Å²) in [6.07, 6.45) is 1.22. The number of hydrogen-bond donors (Lipinski definition) is 0. The van der Waals surface area contributed by atoms with Crippen molar-refractivity contribution in [2.75, 3.05) is 7.05 Å². The summed E-state index contributed by atoms with van der Waals surface area (Å²) < 4.78 is 18.3. The van der Waals surface area contributed by atoms with Crippen molar-refractivity contribution in [1.82, 2.24) is 9.88 Å². The van der Waals surface area contributed by atoms with Crippen LogP contribution in [0.2, 0.25) is 5.02 Å². The number of aryl methyl sites for hydroxylation is 1. The number of hydrogen-bond acceptors (Lipinski definition) is 3. The summed E-state index contributed by atoms with van der Waals surface area (Å²) in [7, 11) is 1.61. The molecule has 0 spiro atoms. The highest BCUT2D eigenvalue weighted by atomic mass is 35.5. The van der Waals surface area contributed by atoms with Crippen molar-refractivity contribution < 1.29 is 13.6 Å². The second-order valence-electron chi connectivity index (χ2n) is 4.17. The molecule has 1 heterocycles. The molecule has 2 aromatic rings. The number of carbonyl (C=O) groups is 1. The normalized spacial score (nSPS) is 10.5. The number of rotatable bonds is 3.